The first-order valence-corrected chi connectivity index (χ1v) is 4.35. The van der Waals surface area contributed by atoms with Gasteiger partial charge >= 0.3 is 0 Å². The van der Waals surface area contributed by atoms with Crippen LogP contribution in [0.15, 0.2) is 6.20 Å². The van der Waals surface area contributed by atoms with E-state index >= 15 is 0 Å². The zero-order valence-corrected chi connectivity index (χ0v) is 7.22. The number of aromatic nitrogens is 3. The minimum Gasteiger partial charge on any atom is -0.376 e. The van der Waals surface area contributed by atoms with E-state index in [0.29, 0.717) is 18.5 Å². The van der Waals surface area contributed by atoms with Gasteiger partial charge in [-0.25, -0.2) is 4.68 Å². The van der Waals surface area contributed by atoms with Crippen molar-refractivity contribution in [2.75, 3.05) is 6.61 Å². The summed E-state index contributed by atoms with van der Waals surface area (Å²) in [5, 5.41) is 7.47. The lowest BCUT2D eigenvalue weighted by Gasteiger charge is -2.07. The van der Waals surface area contributed by atoms with Crippen LogP contribution in [0.4, 0.5) is 0 Å². The molecule has 1 aliphatic heterocycles. The van der Waals surface area contributed by atoms with Crippen molar-refractivity contribution >= 4 is 6.29 Å². The third-order valence-corrected chi connectivity index (χ3v) is 2.09. The van der Waals surface area contributed by atoms with Gasteiger partial charge in [0.05, 0.1) is 18.8 Å². The third kappa shape index (κ3) is 1.92. The summed E-state index contributed by atoms with van der Waals surface area (Å²) in [7, 11) is 0. The standard InChI is InChI=1S/C8H11N3O2/c12-6-7-4-11(10-9-7)5-8-2-1-3-13-8/h4,6,8H,1-3,5H2. The number of ether oxygens (including phenoxy) is 1. The molecule has 1 atom stereocenters. The highest BCUT2D eigenvalue weighted by atomic mass is 16.5. The van der Waals surface area contributed by atoms with Crippen molar-refractivity contribution < 1.29 is 9.53 Å². The summed E-state index contributed by atoms with van der Waals surface area (Å²) in [6.07, 6.45) is 4.74. The van der Waals surface area contributed by atoms with Gasteiger partial charge in [0.2, 0.25) is 0 Å². The average molecular weight is 181 g/mol. The molecule has 5 heteroatoms. The lowest BCUT2D eigenvalue weighted by molar-refractivity contribution is 0.0934. The lowest BCUT2D eigenvalue weighted by Crippen LogP contribution is -2.15. The van der Waals surface area contributed by atoms with E-state index in [1.807, 2.05) is 0 Å². The lowest BCUT2D eigenvalue weighted by atomic mass is 10.2. The highest BCUT2D eigenvalue weighted by Gasteiger charge is 2.16. The third-order valence-electron chi connectivity index (χ3n) is 2.09. The fraction of sp³-hybridized carbons (Fsp3) is 0.625. The number of hydrogen-bond donors (Lipinski definition) is 0. The average Bonchev–Trinajstić information content (AvgIpc) is 2.76. The molecular formula is C8H11N3O2. The monoisotopic (exact) mass is 181 g/mol. The predicted octanol–water partition coefficient (Wildman–Crippen LogP) is 0.270. The van der Waals surface area contributed by atoms with Crippen LogP contribution in [0.1, 0.15) is 23.3 Å². The van der Waals surface area contributed by atoms with E-state index in [-0.39, 0.29) is 6.10 Å². The molecule has 1 aromatic rings. The van der Waals surface area contributed by atoms with Crippen molar-refractivity contribution in [3.63, 3.8) is 0 Å². The summed E-state index contributed by atoms with van der Waals surface area (Å²) in [5.41, 5.74) is 0.373. The SMILES string of the molecule is O=Cc1cn(CC2CCCO2)nn1. The largest absolute Gasteiger partial charge is 0.376 e. The van der Waals surface area contributed by atoms with Gasteiger partial charge in [0.15, 0.2) is 6.29 Å². The maximum atomic E-state index is 10.3. The molecule has 2 heterocycles. The zero-order valence-electron chi connectivity index (χ0n) is 7.22. The number of rotatable bonds is 3. The Morgan fingerprint density at radius 2 is 2.69 bits per heavy atom. The van der Waals surface area contributed by atoms with Crippen molar-refractivity contribution in [3.05, 3.63) is 11.9 Å². The summed E-state index contributed by atoms with van der Waals surface area (Å²) in [6, 6.07) is 0. The van der Waals surface area contributed by atoms with Crippen molar-refractivity contribution in [1.29, 1.82) is 0 Å². The first-order chi connectivity index (χ1) is 6.38. The van der Waals surface area contributed by atoms with Crippen LogP contribution < -0.4 is 0 Å². The van der Waals surface area contributed by atoms with E-state index < -0.39 is 0 Å². The molecule has 13 heavy (non-hydrogen) atoms. The van der Waals surface area contributed by atoms with Crippen LogP contribution in [0.5, 0.6) is 0 Å². The van der Waals surface area contributed by atoms with E-state index in [9.17, 15) is 4.79 Å². The molecule has 0 amide bonds. The van der Waals surface area contributed by atoms with Gasteiger partial charge in [-0.2, -0.15) is 0 Å². The Bertz CT molecular complexity index is 291. The molecule has 0 aliphatic carbocycles. The molecule has 1 aromatic heterocycles. The van der Waals surface area contributed by atoms with Crippen molar-refractivity contribution in [3.8, 4) is 0 Å². The Morgan fingerprint density at radius 3 is 3.31 bits per heavy atom. The van der Waals surface area contributed by atoms with E-state index in [1.165, 1.54) is 0 Å². The van der Waals surface area contributed by atoms with Gasteiger partial charge in [0.25, 0.3) is 0 Å². The normalized spacial score (nSPS) is 22.0. The summed E-state index contributed by atoms with van der Waals surface area (Å²) >= 11 is 0. The highest BCUT2D eigenvalue weighted by Crippen LogP contribution is 2.13. The number of hydrogen-bond acceptors (Lipinski definition) is 4. The zero-order chi connectivity index (χ0) is 9.10. The maximum Gasteiger partial charge on any atom is 0.171 e. The van der Waals surface area contributed by atoms with E-state index in [1.54, 1.807) is 10.9 Å². The molecule has 0 spiro atoms. The molecule has 5 nitrogen and oxygen atoms in total. The van der Waals surface area contributed by atoms with Crippen LogP contribution in [0, 0.1) is 0 Å². The Morgan fingerprint density at radius 1 is 1.77 bits per heavy atom. The van der Waals surface area contributed by atoms with E-state index in [0.717, 1.165) is 19.4 Å². The quantitative estimate of drug-likeness (QED) is 0.628. The molecule has 2 rings (SSSR count). The van der Waals surface area contributed by atoms with Crippen LogP contribution in [-0.2, 0) is 11.3 Å². The van der Waals surface area contributed by atoms with Gasteiger partial charge in [0.1, 0.15) is 5.69 Å². The number of nitrogens with zero attached hydrogens (tertiary/aromatic N) is 3. The Balaban J connectivity index is 1.96. The van der Waals surface area contributed by atoms with Gasteiger partial charge in [-0.1, -0.05) is 5.21 Å². The number of carbonyl (C=O) groups is 1. The molecule has 1 fully saturated rings. The first-order valence-electron chi connectivity index (χ1n) is 4.35. The van der Waals surface area contributed by atoms with Crippen LogP contribution in [-0.4, -0.2) is 34.0 Å². The Hall–Kier alpha value is -1.23. The summed E-state index contributed by atoms with van der Waals surface area (Å²) < 4.78 is 7.08. The van der Waals surface area contributed by atoms with Crippen molar-refractivity contribution in [2.45, 2.75) is 25.5 Å². The second-order valence-electron chi connectivity index (χ2n) is 3.12. The summed E-state index contributed by atoms with van der Waals surface area (Å²) in [6.45, 7) is 1.53. The molecule has 0 bridgehead atoms. The summed E-state index contributed by atoms with van der Waals surface area (Å²) in [4.78, 5) is 10.3. The predicted molar refractivity (Wildman–Crippen MR) is 44.4 cm³/mol. The maximum absolute atomic E-state index is 10.3. The highest BCUT2D eigenvalue weighted by molar-refractivity contribution is 5.70. The molecule has 70 valence electrons. The van der Waals surface area contributed by atoms with Gasteiger partial charge < -0.3 is 4.74 Å². The van der Waals surface area contributed by atoms with Gasteiger partial charge in [0, 0.05) is 6.61 Å². The second-order valence-corrected chi connectivity index (χ2v) is 3.12. The second kappa shape index (κ2) is 3.66. The van der Waals surface area contributed by atoms with Crippen LogP contribution >= 0.6 is 0 Å². The molecular weight excluding hydrogens is 170 g/mol. The van der Waals surface area contributed by atoms with Gasteiger partial charge in [-0.15, -0.1) is 5.10 Å². The van der Waals surface area contributed by atoms with E-state index in [2.05, 4.69) is 10.3 Å². The molecule has 1 unspecified atom stereocenters. The van der Waals surface area contributed by atoms with Crippen LogP contribution in [0.3, 0.4) is 0 Å². The van der Waals surface area contributed by atoms with E-state index in [4.69, 9.17) is 4.74 Å². The summed E-state index contributed by atoms with van der Waals surface area (Å²) in [5.74, 6) is 0. The Kier molecular flexibility index (Phi) is 2.35. The fourth-order valence-corrected chi connectivity index (χ4v) is 1.45. The van der Waals surface area contributed by atoms with Crippen molar-refractivity contribution in [2.24, 2.45) is 0 Å². The van der Waals surface area contributed by atoms with Crippen molar-refractivity contribution in [1.82, 2.24) is 15.0 Å². The van der Waals surface area contributed by atoms with Gasteiger partial charge in [-0.05, 0) is 12.8 Å². The minimum absolute atomic E-state index is 0.237. The first kappa shape index (κ1) is 8.37. The Labute approximate surface area is 75.7 Å². The van der Waals surface area contributed by atoms with Gasteiger partial charge in [-0.3, -0.25) is 4.79 Å². The molecule has 1 aliphatic rings. The smallest absolute Gasteiger partial charge is 0.171 e. The minimum atomic E-state index is 0.237. The number of carbonyl (C=O) groups excluding carboxylic acids is 1. The molecule has 0 radical (unpaired) electrons. The fourth-order valence-electron chi connectivity index (χ4n) is 1.45. The molecule has 0 saturated carbocycles. The topological polar surface area (TPSA) is 57.0 Å². The van der Waals surface area contributed by atoms with Crippen LogP contribution in [0.2, 0.25) is 0 Å². The number of aldehydes is 1. The molecule has 0 N–H and O–H groups in total. The van der Waals surface area contributed by atoms with Crippen LogP contribution in [0.25, 0.3) is 0 Å². The molecule has 1 saturated heterocycles. The molecule has 0 aromatic carbocycles.